The van der Waals surface area contributed by atoms with E-state index in [1.54, 1.807) is 0 Å². The van der Waals surface area contributed by atoms with Crippen LogP contribution in [-0.2, 0) is 9.53 Å². The Morgan fingerprint density at radius 3 is 2.67 bits per heavy atom. The molecule has 0 aromatic heterocycles. The molecule has 0 bridgehead atoms. The van der Waals surface area contributed by atoms with E-state index in [0.717, 1.165) is 32.6 Å². The number of rotatable bonds is 5. The molecule has 4 nitrogen and oxygen atoms in total. The van der Waals surface area contributed by atoms with Crippen LogP contribution < -0.4 is 10.6 Å². The third-order valence-corrected chi connectivity index (χ3v) is 2.51. The quantitative estimate of drug-likeness (QED) is 0.702. The number of carbonyl (C=O) groups is 1. The minimum absolute atomic E-state index is 0.0806. The SMILES string of the molecule is CC(C)NC(=O)CNCC1CCOCC1. The second kappa shape index (κ2) is 6.80. The van der Waals surface area contributed by atoms with E-state index >= 15 is 0 Å². The standard InChI is InChI=1S/C11H22N2O2/c1-9(2)13-11(14)8-12-7-10-3-5-15-6-4-10/h9-10,12H,3-8H2,1-2H3,(H,13,14). The number of amides is 1. The van der Waals surface area contributed by atoms with E-state index in [4.69, 9.17) is 4.74 Å². The second-order valence-corrected chi connectivity index (χ2v) is 4.41. The highest BCUT2D eigenvalue weighted by atomic mass is 16.5. The van der Waals surface area contributed by atoms with Gasteiger partial charge in [-0.1, -0.05) is 0 Å². The van der Waals surface area contributed by atoms with Crippen LogP contribution >= 0.6 is 0 Å². The molecule has 0 spiro atoms. The maximum absolute atomic E-state index is 11.3. The first-order valence-corrected chi connectivity index (χ1v) is 5.76. The minimum Gasteiger partial charge on any atom is -0.381 e. The van der Waals surface area contributed by atoms with Gasteiger partial charge in [-0.25, -0.2) is 0 Å². The molecule has 0 atom stereocenters. The number of ether oxygens (including phenoxy) is 1. The van der Waals surface area contributed by atoms with E-state index < -0.39 is 0 Å². The molecule has 0 saturated carbocycles. The summed E-state index contributed by atoms with van der Waals surface area (Å²) < 4.78 is 5.27. The first-order chi connectivity index (χ1) is 7.18. The Bertz CT molecular complexity index is 189. The van der Waals surface area contributed by atoms with Gasteiger partial charge >= 0.3 is 0 Å². The van der Waals surface area contributed by atoms with Crippen LogP contribution in [-0.4, -0.2) is 38.3 Å². The van der Waals surface area contributed by atoms with Crippen LogP contribution in [0.2, 0.25) is 0 Å². The van der Waals surface area contributed by atoms with Crippen LogP contribution in [0, 0.1) is 5.92 Å². The van der Waals surface area contributed by atoms with Crippen molar-refractivity contribution in [1.82, 2.24) is 10.6 Å². The number of nitrogens with one attached hydrogen (secondary N) is 2. The van der Waals surface area contributed by atoms with Gasteiger partial charge in [0, 0.05) is 19.3 Å². The second-order valence-electron chi connectivity index (χ2n) is 4.41. The highest BCUT2D eigenvalue weighted by Crippen LogP contribution is 2.12. The number of carbonyl (C=O) groups excluding carboxylic acids is 1. The van der Waals surface area contributed by atoms with Gasteiger partial charge in [0.15, 0.2) is 0 Å². The molecule has 2 N–H and O–H groups in total. The van der Waals surface area contributed by atoms with Crippen molar-refractivity contribution in [2.45, 2.75) is 32.7 Å². The third kappa shape index (κ3) is 5.74. The molecular formula is C11H22N2O2. The van der Waals surface area contributed by atoms with Crippen LogP contribution in [0.15, 0.2) is 0 Å². The molecule has 1 rings (SSSR count). The summed E-state index contributed by atoms with van der Waals surface area (Å²) in [6.07, 6.45) is 2.22. The number of hydrogen-bond donors (Lipinski definition) is 2. The van der Waals surface area contributed by atoms with Crippen molar-refractivity contribution in [2.75, 3.05) is 26.3 Å². The Labute approximate surface area is 91.8 Å². The Morgan fingerprint density at radius 1 is 1.40 bits per heavy atom. The molecule has 0 unspecified atom stereocenters. The highest BCUT2D eigenvalue weighted by molar-refractivity contribution is 5.78. The van der Waals surface area contributed by atoms with Gasteiger partial charge < -0.3 is 15.4 Å². The van der Waals surface area contributed by atoms with Gasteiger partial charge in [-0.15, -0.1) is 0 Å². The summed E-state index contributed by atoms with van der Waals surface area (Å²) in [5.41, 5.74) is 0. The van der Waals surface area contributed by atoms with Crippen molar-refractivity contribution in [3.8, 4) is 0 Å². The van der Waals surface area contributed by atoms with Gasteiger partial charge in [-0.05, 0) is 39.2 Å². The molecule has 1 heterocycles. The molecule has 0 aromatic carbocycles. The average Bonchev–Trinajstić information content (AvgIpc) is 2.18. The fraction of sp³-hybridized carbons (Fsp3) is 0.909. The van der Waals surface area contributed by atoms with Gasteiger partial charge in [0.1, 0.15) is 0 Å². The smallest absolute Gasteiger partial charge is 0.234 e. The molecule has 1 aliphatic rings. The van der Waals surface area contributed by atoms with Crippen molar-refractivity contribution < 1.29 is 9.53 Å². The molecule has 88 valence electrons. The van der Waals surface area contributed by atoms with Crippen molar-refractivity contribution in [1.29, 1.82) is 0 Å². The fourth-order valence-corrected chi connectivity index (χ4v) is 1.71. The van der Waals surface area contributed by atoms with Gasteiger partial charge in [-0.2, -0.15) is 0 Å². The molecule has 1 fully saturated rings. The zero-order valence-corrected chi connectivity index (χ0v) is 9.71. The fourth-order valence-electron chi connectivity index (χ4n) is 1.71. The normalized spacial score (nSPS) is 18.1. The summed E-state index contributed by atoms with van der Waals surface area (Å²) >= 11 is 0. The van der Waals surface area contributed by atoms with Crippen LogP contribution in [0.5, 0.6) is 0 Å². The van der Waals surface area contributed by atoms with Gasteiger partial charge in [0.05, 0.1) is 6.54 Å². The monoisotopic (exact) mass is 214 g/mol. The lowest BCUT2D eigenvalue weighted by Gasteiger charge is -2.22. The van der Waals surface area contributed by atoms with E-state index in [2.05, 4.69) is 10.6 Å². The molecule has 0 aromatic rings. The summed E-state index contributed by atoms with van der Waals surface area (Å²) in [6.45, 7) is 7.02. The molecule has 0 radical (unpaired) electrons. The van der Waals surface area contributed by atoms with Crippen LogP contribution in [0.25, 0.3) is 0 Å². The molecule has 15 heavy (non-hydrogen) atoms. The zero-order valence-electron chi connectivity index (χ0n) is 9.71. The predicted molar refractivity (Wildman–Crippen MR) is 59.7 cm³/mol. The van der Waals surface area contributed by atoms with Crippen LogP contribution in [0.1, 0.15) is 26.7 Å². The zero-order chi connectivity index (χ0) is 11.1. The molecule has 4 heteroatoms. The predicted octanol–water partition coefficient (Wildman–Crippen LogP) is 0.527. The molecule has 0 aliphatic carbocycles. The van der Waals surface area contributed by atoms with Crippen LogP contribution in [0.4, 0.5) is 0 Å². The first-order valence-electron chi connectivity index (χ1n) is 5.76. The molecule has 1 aliphatic heterocycles. The number of hydrogen-bond acceptors (Lipinski definition) is 3. The van der Waals surface area contributed by atoms with Gasteiger partial charge in [0.2, 0.25) is 5.91 Å². The molecular weight excluding hydrogens is 192 g/mol. The third-order valence-electron chi connectivity index (χ3n) is 2.51. The highest BCUT2D eigenvalue weighted by Gasteiger charge is 2.13. The van der Waals surface area contributed by atoms with Crippen LogP contribution in [0.3, 0.4) is 0 Å². The van der Waals surface area contributed by atoms with Gasteiger partial charge in [0.25, 0.3) is 0 Å². The average molecular weight is 214 g/mol. The van der Waals surface area contributed by atoms with Crippen molar-refractivity contribution in [3.05, 3.63) is 0 Å². The topological polar surface area (TPSA) is 50.4 Å². The lowest BCUT2D eigenvalue weighted by molar-refractivity contribution is -0.120. The Kier molecular flexibility index (Phi) is 5.65. The minimum atomic E-state index is 0.0806. The Hall–Kier alpha value is -0.610. The largest absolute Gasteiger partial charge is 0.381 e. The van der Waals surface area contributed by atoms with E-state index in [9.17, 15) is 4.79 Å². The summed E-state index contributed by atoms with van der Waals surface area (Å²) in [4.78, 5) is 11.3. The Morgan fingerprint density at radius 2 is 2.07 bits per heavy atom. The van der Waals surface area contributed by atoms with E-state index in [0.29, 0.717) is 12.5 Å². The first kappa shape index (κ1) is 12.5. The summed E-state index contributed by atoms with van der Waals surface area (Å²) in [7, 11) is 0. The Balaban J connectivity index is 2.02. The maximum atomic E-state index is 11.3. The van der Waals surface area contributed by atoms with E-state index in [1.165, 1.54) is 0 Å². The van der Waals surface area contributed by atoms with Crippen molar-refractivity contribution in [3.63, 3.8) is 0 Å². The van der Waals surface area contributed by atoms with E-state index in [-0.39, 0.29) is 11.9 Å². The van der Waals surface area contributed by atoms with Crippen molar-refractivity contribution in [2.24, 2.45) is 5.92 Å². The molecule has 1 amide bonds. The van der Waals surface area contributed by atoms with Gasteiger partial charge in [-0.3, -0.25) is 4.79 Å². The molecule has 1 saturated heterocycles. The maximum Gasteiger partial charge on any atom is 0.234 e. The lowest BCUT2D eigenvalue weighted by atomic mass is 10.0. The summed E-state index contributed by atoms with van der Waals surface area (Å²) in [5, 5.41) is 6.05. The van der Waals surface area contributed by atoms with E-state index in [1.807, 2.05) is 13.8 Å². The van der Waals surface area contributed by atoms with Crippen molar-refractivity contribution >= 4 is 5.91 Å². The summed E-state index contributed by atoms with van der Waals surface area (Å²) in [6, 6.07) is 0.224. The summed E-state index contributed by atoms with van der Waals surface area (Å²) in [5.74, 6) is 0.752. The lowest BCUT2D eigenvalue weighted by Crippen LogP contribution is -2.39.